The van der Waals surface area contributed by atoms with E-state index in [9.17, 15) is 4.79 Å². The molecule has 108 valence electrons. The van der Waals surface area contributed by atoms with E-state index in [2.05, 4.69) is 4.98 Å². The second-order valence-corrected chi connectivity index (χ2v) is 10.6. The van der Waals surface area contributed by atoms with Gasteiger partial charge >= 0.3 is 0 Å². The number of rotatable bonds is 5. The highest BCUT2D eigenvalue weighted by Gasteiger charge is 2.17. The highest BCUT2D eigenvalue weighted by molar-refractivity contribution is 8.67. The Morgan fingerprint density at radius 3 is 2.80 bits per heavy atom. The predicted molar refractivity (Wildman–Crippen MR) is 86.1 cm³/mol. The van der Waals surface area contributed by atoms with Crippen LogP contribution in [0.5, 0.6) is 0 Å². The van der Waals surface area contributed by atoms with Crippen LogP contribution in [0.2, 0.25) is 5.15 Å². The molecule has 5 nitrogen and oxygen atoms in total. The van der Waals surface area contributed by atoms with Crippen molar-refractivity contribution >= 4 is 46.1 Å². The third-order valence-electron chi connectivity index (χ3n) is 2.51. The Morgan fingerprint density at radius 2 is 2.15 bits per heavy atom. The van der Waals surface area contributed by atoms with Crippen molar-refractivity contribution in [1.82, 2.24) is 9.38 Å². The topological polar surface area (TPSA) is 52.8 Å². The maximum absolute atomic E-state index is 12.0. The zero-order chi connectivity index (χ0) is 14.8. The smallest absolute Gasteiger partial charge is 0.259 e. The molecule has 0 saturated carbocycles. The van der Waals surface area contributed by atoms with Gasteiger partial charge in [0.2, 0.25) is 5.69 Å². The monoisotopic (exact) mass is 350 g/mol. The summed E-state index contributed by atoms with van der Waals surface area (Å²) >= 11 is 12.6. The van der Waals surface area contributed by atoms with Crippen LogP contribution >= 0.6 is 28.7 Å². The zero-order valence-corrected chi connectivity index (χ0v) is 14.1. The molecule has 0 fully saturated rings. The lowest BCUT2D eigenvalue weighted by molar-refractivity contribution is 0.354. The number of halogens is 1. The summed E-state index contributed by atoms with van der Waals surface area (Å²) in [6.45, 7) is 0. The molecule has 0 atom stereocenters. The van der Waals surface area contributed by atoms with Crippen LogP contribution in [0.1, 0.15) is 5.69 Å². The average molecular weight is 351 g/mol. The molecule has 0 saturated heterocycles. The van der Waals surface area contributed by atoms with Gasteiger partial charge in [-0.15, -0.1) is 0 Å². The van der Waals surface area contributed by atoms with Gasteiger partial charge in [-0.25, -0.2) is 4.98 Å². The normalized spacial score (nSPS) is 11.9. The van der Waals surface area contributed by atoms with Crippen LogP contribution in [0, 0.1) is 0 Å². The Balaban J connectivity index is 2.34. The second-order valence-electron chi connectivity index (χ2n) is 3.71. The number of aromatic nitrogens is 2. The van der Waals surface area contributed by atoms with E-state index >= 15 is 0 Å². The minimum absolute atomic E-state index is 0.223. The number of hydrogen-bond donors (Lipinski definition) is 0. The molecule has 2 aromatic heterocycles. The van der Waals surface area contributed by atoms with Crippen molar-refractivity contribution in [2.75, 3.05) is 14.2 Å². The molecule has 20 heavy (non-hydrogen) atoms. The standard InChI is InChI=1S/C11H12ClN2O3PS2/c1-16-18(19,17-2)20-7-8-6-11(15)14-9(12)4-3-5-10(14)13-8/h3-6H,7H2,1-2H3. The molecule has 0 bridgehead atoms. The predicted octanol–water partition coefficient (Wildman–Crippen LogP) is 3.10. The molecule has 0 amide bonds. The van der Waals surface area contributed by atoms with Crippen molar-refractivity contribution in [3.05, 3.63) is 45.5 Å². The molecule has 0 aliphatic rings. The van der Waals surface area contributed by atoms with Crippen LogP contribution in [0.25, 0.3) is 5.65 Å². The molecule has 0 unspecified atom stereocenters. The van der Waals surface area contributed by atoms with Gasteiger partial charge in [-0.3, -0.25) is 9.20 Å². The van der Waals surface area contributed by atoms with Gasteiger partial charge in [0.05, 0.1) is 5.69 Å². The first-order valence-corrected chi connectivity index (χ1v) is 10.1. The van der Waals surface area contributed by atoms with Crippen LogP contribution < -0.4 is 5.56 Å². The van der Waals surface area contributed by atoms with Crippen molar-refractivity contribution in [1.29, 1.82) is 0 Å². The molecule has 0 radical (unpaired) electrons. The van der Waals surface area contributed by atoms with Crippen molar-refractivity contribution in [2.45, 2.75) is 5.75 Å². The van der Waals surface area contributed by atoms with Crippen LogP contribution in [0.4, 0.5) is 0 Å². The maximum Gasteiger partial charge on any atom is 0.259 e. The van der Waals surface area contributed by atoms with E-state index in [4.69, 9.17) is 32.5 Å². The van der Waals surface area contributed by atoms with Gasteiger partial charge in [-0.05, 0) is 23.9 Å². The van der Waals surface area contributed by atoms with Gasteiger partial charge in [-0.2, -0.15) is 0 Å². The molecular weight excluding hydrogens is 339 g/mol. The van der Waals surface area contributed by atoms with E-state index in [0.717, 1.165) is 0 Å². The fourth-order valence-corrected chi connectivity index (χ4v) is 4.58. The first kappa shape index (κ1) is 15.9. The molecule has 0 aliphatic heterocycles. The van der Waals surface area contributed by atoms with Gasteiger partial charge in [0.15, 0.2) is 0 Å². The van der Waals surface area contributed by atoms with E-state index in [1.165, 1.54) is 36.1 Å². The average Bonchev–Trinajstić information content (AvgIpc) is 2.44. The summed E-state index contributed by atoms with van der Waals surface area (Å²) in [6, 6.07) is 6.55. The molecule has 0 aliphatic carbocycles. The molecular formula is C11H12ClN2O3PS2. The van der Waals surface area contributed by atoms with E-state index in [-0.39, 0.29) is 5.56 Å². The number of pyridine rings is 1. The van der Waals surface area contributed by atoms with Crippen LogP contribution in [0.3, 0.4) is 0 Å². The third-order valence-corrected chi connectivity index (χ3v) is 8.51. The summed E-state index contributed by atoms with van der Waals surface area (Å²) < 4.78 is 11.7. The van der Waals surface area contributed by atoms with Crippen LogP contribution in [-0.2, 0) is 26.6 Å². The van der Waals surface area contributed by atoms with E-state index in [1.54, 1.807) is 18.2 Å². The van der Waals surface area contributed by atoms with Gasteiger partial charge in [0.25, 0.3) is 5.56 Å². The summed E-state index contributed by atoms with van der Waals surface area (Å²) in [7, 11) is 3.03. The third kappa shape index (κ3) is 3.42. The van der Waals surface area contributed by atoms with Crippen LogP contribution in [0.15, 0.2) is 29.1 Å². The summed E-state index contributed by atoms with van der Waals surface area (Å²) in [4.78, 5) is 16.4. The quantitative estimate of drug-likeness (QED) is 0.610. The van der Waals surface area contributed by atoms with E-state index < -0.39 is 5.69 Å². The van der Waals surface area contributed by atoms with Gasteiger partial charge in [0, 0.05) is 26.0 Å². The number of nitrogens with zero attached hydrogens (tertiary/aromatic N) is 2. The molecule has 9 heteroatoms. The SMILES string of the molecule is COP(=S)(OC)SCc1cc(=O)n2c(Cl)cccc2n1. The second kappa shape index (κ2) is 6.56. The minimum Gasteiger partial charge on any atom is -0.325 e. The zero-order valence-electron chi connectivity index (χ0n) is 10.8. The van der Waals surface area contributed by atoms with Gasteiger partial charge in [-0.1, -0.05) is 29.0 Å². The van der Waals surface area contributed by atoms with Crippen molar-refractivity contribution < 1.29 is 9.05 Å². The Bertz CT molecular complexity index is 729. The molecule has 0 N–H and O–H groups in total. The first-order chi connectivity index (χ1) is 9.49. The summed E-state index contributed by atoms with van der Waals surface area (Å²) in [5.74, 6) is 0.442. The van der Waals surface area contributed by atoms with Gasteiger partial charge in [0.1, 0.15) is 10.8 Å². The summed E-state index contributed by atoms with van der Waals surface area (Å²) in [5, 5.41) is 0.332. The van der Waals surface area contributed by atoms with Crippen molar-refractivity contribution in [3.8, 4) is 0 Å². The van der Waals surface area contributed by atoms with E-state index in [1.807, 2.05) is 0 Å². The lowest BCUT2D eigenvalue weighted by Gasteiger charge is -2.16. The Labute approximate surface area is 130 Å². The van der Waals surface area contributed by atoms with E-state index in [0.29, 0.717) is 22.2 Å². The van der Waals surface area contributed by atoms with Crippen LogP contribution in [-0.4, -0.2) is 23.6 Å². The fourth-order valence-electron chi connectivity index (χ4n) is 1.56. The summed E-state index contributed by atoms with van der Waals surface area (Å²) in [5.41, 5.74) is -1.46. The molecule has 0 aromatic carbocycles. The van der Waals surface area contributed by atoms with Crippen molar-refractivity contribution in [2.24, 2.45) is 0 Å². The van der Waals surface area contributed by atoms with Gasteiger partial charge < -0.3 is 9.05 Å². The molecule has 0 spiro atoms. The lowest BCUT2D eigenvalue weighted by atomic mass is 10.4. The highest BCUT2D eigenvalue weighted by Crippen LogP contribution is 2.60. The Morgan fingerprint density at radius 1 is 1.45 bits per heavy atom. The number of fused-ring (bicyclic) bond motifs is 1. The number of hydrogen-bond acceptors (Lipinski definition) is 6. The largest absolute Gasteiger partial charge is 0.325 e. The molecule has 2 aromatic rings. The molecule has 2 heterocycles. The lowest BCUT2D eigenvalue weighted by Crippen LogP contribution is -2.15. The Hall–Kier alpha value is -0.430. The first-order valence-electron chi connectivity index (χ1n) is 5.52. The fraction of sp³-hybridized carbons (Fsp3) is 0.273. The maximum atomic E-state index is 12.0. The minimum atomic E-state index is -2.36. The Kier molecular flexibility index (Phi) is 5.23. The molecule has 2 rings (SSSR count). The highest BCUT2D eigenvalue weighted by atomic mass is 35.5. The summed E-state index contributed by atoms with van der Waals surface area (Å²) in [6.07, 6.45) is 0. The van der Waals surface area contributed by atoms with Crippen molar-refractivity contribution in [3.63, 3.8) is 0 Å².